The van der Waals surface area contributed by atoms with Crippen molar-refractivity contribution in [1.82, 2.24) is 20.3 Å². The fourth-order valence-corrected chi connectivity index (χ4v) is 4.71. The number of hydrogen-bond acceptors (Lipinski definition) is 6. The van der Waals surface area contributed by atoms with Crippen LogP contribution in [0, 0.1) is 5.92 Å². The number of aromatic nitrogens is 3. The summed E-state index contributed by atoms with van der Waals surface area (Å²) in [5.74, 6) is 2.07. The van der Waals surface area contributed by atoms with Gasteiger partial charge in [-0.3, -0.25) is 9.78 Å². The van der Waals surface area contributed by atoms with Crippen LogP contribution >= 0.6 is 0 Å². The van der Waals surface area contributed by atoms with Gasteiger partial charge in [0.25, 0.3) is 5.91 Å². The zero-order valence-corrected chi connectivity index (χ0v) is 19.7. The normalized spacial score (nSPS) is 17.5. The number of carbonyl (C=O) groups excluding carboxylic acids is 1. The second-order valence-electron chi connectivity index (χ2n) is 9.27. The number of benzene rings is 2. The smallest absolute Gasteiger partial charge is 0.251 e. The van der Waals surface area contributed by atoms with Crippen molar-refractivity contribution in [3.63, 3.8) is 0 Å². The predicted octanol–water partition coefficient (Wildman–Crippen LogP) is 5.28. The Labute approximate surface area is 207 Å². The first-order valence-corrected chi connectivity index (χ1v) is 11.9. The highest BCUT2D eigenvalue weighted by molar-refractivity contribution is 5.97. The van der Waals surface area contributed by atoms with E-state index in [1.807, 2.05) is 67.5 Å². The molecule has 7 heteroatoms. The predicted molar refractivity (Wildman–Crippen MR) is 144 cm³/mol. The van der Waals surface area contributed by atoms with Crippen molar-refractivity contribution in [3.8, 4) is 0 Å². The number of nitrogens with zero attached hydrogens (tertiary/aromatic N) is 4. The van der Waals surface area contributed by atoms with Gasteiger partial charge in [0.15, 0.2) is 0 Å². The summed E-state index contributed by atoms with van der Waals surface area (Å²) < 4.78 is 0. The summed E-state index contributed by atoms with van der Waals surface area (Å²) in [5.41, 5.74) is 2.53. The minimum atomic E-state index is -0.0215. The third kappa shape index (κ3) is 5.50. The first kappa shape index (κ1) is 24.4. The quantitative estimate of drug-likeness (QED) is 0.399. The van der Waals surface area contributed by atoms with Crippen LogP contribution in [0.3, 0.4) is 0 Å². The Balaban J connectivity index is 0.00000289. The van der Waals surface area contributed by atoms with Gasteiger partial charge in [-0.1, -0.05) is 25.6 Å². The maximum absolute atomic E-state index is 12.7. The van der Waals surface area contributed by atoms with Crippen molar-refractivity contribution in [2.45, 2.75) is 39.2 Å². The summed E-state index contributed by atoms with van der Waals surface area (Å²) in [4.78, 5) is 28.5. The monoisotopic (exact) mass is 470 g/mol. The van der Waals surface area contributed by atoms with Crippen molar-refractivity contribution in [3.05, 3.63) is 66.4 Å². The number of nitrogens with one attached hydrogen (secondary N) is 2. The van der Waals surface area contributed by atoms with Gasteiger partial charge < -0.3 is 15.5 Å². The molecule has 0 radical (unpaired) electrons. The molecule has 7 nitrogen and oxygen atoms in total. The highest BCUT2D eigenvalue weighted by Crippen LogP contribution is 2.28. The highest BCUT2D eigenvalue weighted by atomic mass is 16.1. The number of amides is 1. The van der Waals surface area contributed by atoms with E-state index < -0.39 is 0 Å². The molecule has 4 aromatic rings. The van der Waals surface area contributed by atoms with Gasteiger partial charge in [0.1, 0.15) is 5.82 Å². The molecule has 1 amide bonds. The molecule has 35 heavy (non-hydrogen) atoms. The number of para-hydroxylation sites is 1. The van der Waals surface area contributed by atoms with Gasteiger partial charge >= 0.3 is 0 Å². The van der Waals surface area contributed by atoms with Crippen LogP contribution in [0.5, 0.6) is 0 Å². The largest absolute Gasteiger partial charge is 0.362 e. The van der Waals surface area contributed by atoms with Crippen LogP contribution in [0.1, 0.15) is 43.5 Å². The van der Waals surface area contributed by atoms with Crippen molar-refractivity contribution in [2.24, 2.45) is 5.92 Å². The number of rotatable bonds is 6. The minimum absolute atomic E-state index is 0. The maximum atomic E-state index is 12.7. The van der Waals surface area contributed by atoms with E-state index in [0.29, 0.717) is 30.0 Å². The standard InChI is InChI=1S/C27H30N6O.CH4/c1-33(2)25-22-7-3-4-8-24(22)31-27(32-25)30-21-12-9-18(10-13-21)17-29-26(34)20-11-14-23-19(16-20)6-5-15-28-23;/h3-8,11,14-16,18,21H,9-10,12-13,17H2,1-2H3,(H,29,34)(H,30,31,32);1H4. The van der Waals surface area contributed by atoms with Crippen LogP contribution in [-0.4, -0.2) is 47.5 Å². The highest BCUT2D eigenvalue weighted by Gasteiger charge is 2.23. The average molecular weight is 471 g/mol. The SMILES string of the molecule is C.CN(C)c1nc(NC2CCC(CNC(=O)c3ccc4ncccc4c3)CC2)nc2ccccc12. The van der Waals surface area contributed by atoms with Crippen LogP contribution in [0.2, 0.25) is 0 Å². The van der Waals surface area contributed by atoms with Gasteiger partial charge in [-0.2, -0.15) is 4.98 Å². The van der Waals surface area contributed by atoms with E-state index in [1.165, 1.54) is 0 Å². The summed E-state index contributed by atoms with van der Waals surface area (Å²) in [6, 6.07) is 18.0. The zero-order chi connectivity index (χ0) is 23.5. The van der Waals surface area contributed by atoms with Gasteiger partial charge in [-0.25, -0.2) is 4.98 Å². The molecule has 0 unspecified atom stereocenters. The third-order valence-electron chi connectivity index (χ3n) is 6.60. The lowest BCUT2D eigenvalue weighted by Crippen LogP contribution is -2.34. The van der Waals surface area contributed by atoms with E-state index in [2.05, 4.69) is 21.7 Å². The van der Waals surface area contributed by atoms with Crippen LogP contribution in [0.4, 0.5) is 11.8 Å². The van der Waals surface area contributed by atoms with Gasteiger partial charge in [-0.05, 0) is 68.0 Å². The molecule has 1 saturated carbocycles. The molecule has 1 aliphatic carbocycles. The van der Waals surface area contributed by atoms with Crippen molar-refractivity contribution < 1.29 is 4.79 Å². The van der Waals surface area contributed by atoms with Crippen molar-refractivity contribution in [2.75, 3.05) is 30.9 Å². The molecule has 0 aliphatic heterocycles. The molecule has 1 fully saturated rings. The Kier molecular flexibility index (Phi) is 7.44. The van der Waals surface area contributed by atoms with Crippen molar-refractivity contribution >= 4 is 39.5 Å². The Hall–Kier alpha value is -3.74. The molecule has 2 aromatic heterocycles. The fraction of sp³-hybridized carbons (Fsp3) is 0.357. The summed E-state index contributed by atoms with van der Waals surface area (Å²) in [5, 5.41) is 8.72. The minimum Gasteiger partial charge on any atom is -0.362 e. The van der Waals surface area contributed by atoms with Crippen LogP contribution < -0.4 is 15.5 Å². The van der Waals surface area contributed by atoms with Gasteiger partial charge in [0.05, 0.1) is 11.0 Å². The lowest BCUT2D eigenvalue weighted by molar-refractivity contribution is 0.0943. The van der Waals surface area contributed by atoms with E-state index in [9.17, 15) is 4.79 Å². The molecule has 0 saturated heterocycles. The van der Waals surface area contributed by atoms with E-state index in [-0.39, 0.29) is 13.3 Å². The van der Waals surface area contributed by atoms with Crippen LogP contribution in [-0.2, 0) is 0 Å². The number of carbonyl (C=O) groups is 1. The molecule has 0 atom stereocenters. The molecule has 182 valence electrons. The van der Waals surface area contributed by atoms with E-state index in [4.69, 9.17) is 9.97 Å². The fourth-order valence-electron chi connectivity index (χ4n) is 4.71. The molecular formula is C28H34N6O. The Morgan fingerprint density at radius 1 is 0.971 bits per heavy atom. The molecule has 0 bridgehead atoms. The second-order valence-corrected chi connectivity index (χ2v) is 9.27. The van der Waals surface area contributed by atoms with E-state index in [0.717, 1.165) is 53.3 Å². The summed E-state index contributed by atoms with van der Waals surface area (Å²) >= 11 is 0. The lowest BCUT2D eigenvalue weighted by atomic mass is 9.86. The Bertz CT molecular complexity index is 1310. The summed E-state index contributed by atoms with van der Waals surface area (Å²) in [6.45, 7) is 0.702. The molecule has 2 heterocycles. The Morgan fingerprint density at radius 3 is 2.57 bits per heavy atom. The number of pyridine rings is 1. The zero-order valence-electron chi connectivity index (χ0n) is 19.7. The first-order chi connectivity index (χ1) is 16.6. The van der Waals surface area contributed by atoms with Gasteiger partial charge in [0, 0.05) is 49.2 Å². The third-order valence-corrected chi connectivity index (χ3v) is 6.60. The Morgan fingerprint density at radius 2 is 1.77 bits per heavy atom. The molecule has 5 rings (SSSR count). The average Bonchev–Trinajstić information content (AvgIpc) is 2.87. The van der Waals surface area contributed by atoms with Crippen molar-refractivity contribution in [1.29, 1.82) is 0 Å². The molecule has 1 aliphatic rings. The summed E-state index contributed by atoms with van der Waals surface area (Å²) in [6.07, 6.45) is 5.97. The number of fused-ring (bicyclic) bond motifs is 2. The first-order valence-electron chi connectivity index (χ1n) is 11.9. The second kappa shape index (κ2) is 10.7. The molecule has 0 spiro atoms. The van der Waals surface area contributed by atoms with E-state index in [1.54, 1.807) is 6.20 Å². The lowest BCUT2D eigenvalue weighted by Gasteiger charge is -2.29. The molecule has 2 N–H and O–H groups in total. The maximum Gasteiger partial charge on any atom is 0.251 e. The number of hydrogen-bond donors (Lipinski definition) is 2. The van der Waals surface area contributed by atoms with Crippen LogP contribution in [0.15, 0.2) is 60.8 Å². The van der Waals surface area contributed by atoms with E-state index >= 15 is 0 Å². The van der Waals surface area contributed by atoms with Gasteiger partial charge in [-0.15, -0.1) is 0 Å². The molecule has 2 aromatic carbocycles. The van der Waals surface area contributed by atoms with Gasteiger partial charge in [0.2, 0.25) is 5.95 Å². The number of anilines is 2. The molecular weight excluding hydrogens is 436 g/mol. The van der Waals surface area contributed by atoms with Crippen LogP contribution in [0.25, 0.3) is 21.8 Å². The topological polar surface area (TPSA) is 83.0 Å². The summed E-state index contributed by atoms with van der Waals surface area (Å²) in [7, 11) is 4.01.